The average Bonchev–Trinajstić information content (AvgIpc) is 4.36. The van der Waals surface area contributed by atoms with Gasteiger partial charge in [-0.1, -0.05) is 65.8 Å². The van der Waals surface area contributed by atoms with Crippen molar-refractivity contribution in [1.29, 1.82) is 0 Å². The van der Waals surface area contributed by atoms with Crippen molar-refractivity contribution in [1.82, 2.24) is 0 Å². The molecular formula is C58H52O14W2-2. The van der Waals surface area contributed by atoms with Gasteiger partial charge in [0.15, 0.2) is 13.6 Å². The van der Waals surface area contributed by atoms with Crippen molar-refractivity contribution >= 4 is 21.5 Å². The minimum Gasteiger partial charge on any atom is -0.568 e. The number of hydrogen-bond acceptors (Lipinski definition) is 14. The zero-order chi connectivity index (χ0) is 48.9. The van der Waals surface area contributed by atoms with Crippen LogP contribution in [0.2, 0.25) is 0 Å². The predicted molar refractivity (Wildman–Crippen MR) is 268 cm³/mol. The van der Waals surface area contributed by atoms with Gasteiger partial charge in [0.25, 0.3) is 0 Å². The van der Waals surface area contributed by atoms with E-state index in [0.29, 0.717) is 70.7 Å². The third-order valence-electron chi connectivity index (χ3n) is 11.4. The van der Waals surface area contributed by atoms with Crippen LogP contribution >= 0.6 is 0 Å². The number of benzene rings is 8. The third kappa shape index (κ3) is 15.5. The normalized spacial score (nSPS) is 14.2. The van der Waals surface area contributed by atoms with Gasteiger partial charge >= 0.3 is 0 Å². The van der Waals surface area contributed by atoms with Crippen molar-refractivity contribution in [2.75, 3.05) is 54.0 Å². The molecule has 0 amide bonds. The summed E-state index contributed by atoms with van der Waals surface area (Å²) in [6.07, 6.45) is 0.149. The molecule has 2 fully saturated rings. The van der Waals surface area contributed by atoms with Gasteiger partial charge in [-0.15, -0.1) is 0 Å². The SMILES string of the molecule is Cc1ccc2c(-c3c(OCOc4ccc(OCOc5ccc(OCOCC6[CH-]O6)cc5)cc4)ccc4cc(C)ccc34)cc(OCOc3ccc(OCOc4ccc(OCOCC5[CH-]O5)cc4)cc3)cc2c1.[W].[W]. The first-order chi connectivity index (χ1) is 35.4. The zero-order valence-corrected chi connectivity index (χ0v) is 46.4. The van der Waals surface area contributed by atoms with Crippen molar-refractivity contribution in [3.63, 3.8) is 0 Å². The van der Waals surface area contributed by atoms with Gasteiger partial charge in [-0.2, -0.15) is 13.2 Å². The molecule has 0 bridgehead atoms. The summed E-state index contributed by atoms with van der Waals surface area (Å²) in [4.78, 5) is 0. The summed E-state index contributed by atoms with van der Waals surface area (Å²) in [5, 5.41) is 4.17. The fourth-order valence-corrected chi connectivity index (χ4v) is 7.58. The van der Waals surface area contributed by atoms with Crippen LogP contribution in [0.15, 0.2) is 158 Å². The second-order valence-electron chi connectivity index (χ2n) is 16.8. The van der Waals surface area contributed by atoms with Crippen molar-refractivity contribution in [2.45, 2.75) is 26.1 Å². The van der Waals surface area contributed by atoms with E-state index < -0.39 is 0 Å². The van der Waals surface area contributed by atoms with E-state index in [1.807, 2.05) is 91.0 Å². The number of ether oxygens (including phenoxy) is 14. The molecule has 10 rings (SSSR count). The molecule has 0 radical (unpaired) electrons. The molecule has 8 aromatic carbocycles. The Morgan fingerprint density at radius 3 is 1.11 bits per heavy atom. The number of rotatable bonds is 27. The first kappa shape index (κ1) is 53.8. The molecule has 14 nitrogen and oxygen atoms in total. The number of epoxide rings is 2. The van der Waals surface area contributed by atoms with Crippen LogP contribution in [0.1, 0.15) is 11.1 Å². The fourth-order valence-electron chi connectivity index (χ4n) is 7.58. The van der Waals surface area contributed by atoms with Gasteiger partial charge in [0.1, 0.15) is 57.5 Å². The van der Waals surface area contributed by atoms with Gasteiger partial charge in [-0.25, -0.2) is 0 Å². The van der Waals surface area contributed by atoms with E-state index in [-0.39, 0.29) is 95.1 Å². The van der Waals surface area contributed by atoms with Gasteiger partial charge in [-0.05, 0) is 156 Å². The molecule has 0 N–H and O–H groups in total. The van der Waals surface area contributed by atoms with Crippen molar-refractivity contribution < 1.29 is 108 Å². The Kier molecular flexibility index (Phi) is 19.4. The van der Waals surface area contributed by atoms with Crippen LogP contribution in [-0.2, 0) is 61.1 Å². The summed E-state index contributed by atoms with van der Waals surface area (Å²) >= 11 is 0. The maximum absolute atomic E-state index is 6.47. The van der Waals surface area contributed by atoms with Crippen molar-refractivity contribution in [2.24, 2.45) is 0 Å². The molecule has 0 aliphatic carbocycles. The van der Waals surface area contributed by atoms with Crippen LogP contribution in [0.5, 0.6) is 57.5 Å². The van der Waals surface area contributed by atoms with E-state index in [0.717, 1.165) is 43.8 Å². The second-order valence-corrected chi connectivity index (χ2v) is 16.8. The maximum Gasteiger partial charge on any atom is 0.230 e. The van der Waals surface area contributed by atoms with Gasteiger partial charge in [0, 0.05) is 60.9 Å². The molecule has 2 atom stereocenters. The molecule has 16 heteroatoms. The van der Waals surface area contributed by atoms with Crippen LogP contribution in [0.3, 0.4) is 0 Å². The van der Waals surface area contributed by atoms with Crippen LogP contribution < -0.4 is 47.4 Å². The molecule has 2 saturated heterocycles. The Balaban J connectivity index is 0.00000364. The minimum absolute atomic E-state index is 0. The quantitative estimate of drug-likeness (QED) is 0.0209. The molecule has 74 heavy (non-hydrogen) atoms. The average molecular weight is 1340 g/mol. The van der Waals surface area contributed by atoms with Gasteiger partial charge in [0.2, 0.25) is 27.2 Å². The van der Waals surface area contributed by atoms with Crippen LogP contribution in [0, 0.1) is 27.1 Å². The van der Waals surface area contributed by atoms with E-state index in [2.05, 4.69) is 56.3 Å². The molecule has 0 saturated carbocycles. The van der Waals surface area contributed by atoms with E-state index in [9.17, 15) is 0 Å². The number of aryl methyl sites for hydroxylation is 2. The van der Waals surface area contributed by atoms with Crippen LogP contribution in [-0.4, -0.2) is 66.2 Å². The van der Waals surface area contributed by atoms with Crippen molar-refractivity contribution in [3.8, 4) is 68.6 Å². The summed E-state index contributed by atoms with van der Waals surface area (Å²) in [5.74, 6) is 6.39. The van der Waals surface area contributed by atoms with Crippen molar-refractivity contribution in [3.05, 3.63) is 182 Å². The number of fused-ring (bicyclic) bond motifs is 2. The molecule has 2 heterocycles. The molecule has 2 unspecified atom stereocenters. The zero-order valence-electron chi connectivity index (χ0n) is 40.5. The molecule has 382 valence electrons. The molecular weight excluding hydrogens is 1290 g/mol. The Morgan fingerprint density at radius 2 is 0.703 bits per heavy atom. The molecule has 2 aliphatic rings. The summed E-state index contributed by atoms with van der Waals surface area (Å²) in [6, 6.07) is 49.9. The Hall–Kier alpha value is -6.50. The Bertz CT molecular complexity index is 3020. The summed E-state index contributed by atoms with van der Waals surface area (Å²) in [5.41, 5.74) is 4.14. The van der Waals surface area contributed by atoms with Crippen LogP contribution in [0.25, 0.3) is 32.7 Å². The van der Waals surface area contributed by atoms with Gasteiger partial charge < -0.3 is 66.3 Å². The summed E-state index contributed by atoms with van der Waals surface area (Å²) in [6.45, 7) is 8.82. The fraction of sp³-hybridized carbons (Fsp3) is 0.207. The first-order valence-corrected chi connectivity index (χ1v) is 23.3. The Labute approximate surface area is 458 Å². The van der Waals surface area contributed by atoms with E-state index in [4.69, 9.17) is 66.3 Å². The molecule has 0 spiro atoms. The molecule has 2 aliphatic heterocycles. The Morgan fingerprint density at radius 1 is 0.351 bits per heavy atom. The van der Waals surface area contributed by atoms with Gasteiger partial charge in [-0.3, -0.25) is 0 Å². The monoisotopic (exact) mass is 1340 g/mol. The summed E-state index contributed by atoms with van der Waals surface area (Å²) in [7, 11) is 0. The standard InChI is InChI=1S/C58H52O14.2W/c1-39-4-23-55-41(25-39)5-24-57(72-38-70-50-20-18-48(19-21-50)68-36-66-46-12-8-44(9-13-46)64-34-60-30-53-32-62-53)58(55)56-28-51(27-42-26-40(2)3-22-54(42)56)71-37-69-49-16-14-47(15-17-49)67-35-65-45-10-6-43(7-11-45)63-33-59-29-52-31-61-52;;/h3-28,31-32,52-53H,29-30,33-38H2,1-2H3;;/q-2;;. The topological polar surface area (TPSA) is 136 Å². The van der Waals surface area contributed by atoms with E-state index in [1.165, 1.54) is 0 Å². The smallest absolute Gasteiger partial charge is 0.230 e. The van der Waals surface area contributed by atoms with Crippen LogP contribution in [0.4, 0.5) is 0 Å². The number of hydrogen-bond donors (Lipinski definition) is 0. The first-order valence-electron chi connectivity index (χ1n) is 23.3. The summed E-state index contributed by atoms with van der Waals surface area (Å²) < 4.78 is 80.1. The largest absolute Gasteiger partial charge is 0.568 e. The minimum atomic E-state index is -0.0398. The maximum atomic E-state index is 6.47. The third-order valence-corrected chi connectivity index (χ3v) is 11.4. The van der Waals surface area contributed by atoms with Gasteiger partial charge in [0.05, 0.1) is 0 Å². The predicted octanol–water partition coefficient (Wildman–Crippen LogP) is 11.8. The second kappa shape index (κ2) is 26.6. The molecule has 0 aromatic heterocycles. The van der Waals surface area contributed by atoms with E-state index >= 15 is 0 Å². The molecule has 8 aromatic rings. The van der Waals surface area contributed by atoms with E-state index in [1.54, 1.807) is 37.5 Å².